The van der Waals surface area contributed by atoms with Crippen LogP contribution in [-0.2, 0) is 10.0 Å². The van der Waals surface area contributed by atoms with Gasteiger partial charge < -0.3 is 9.84 Å². The lowest BCUT2D eigenvalue weighted by Crippen LogP contribution is -2.67. The van der Waals surface area contributed by atoms with Crippen molar-refractivity contribution in [2.75, 3.05) is 33.4 Å². The number of aliphatic hydroxyl groups excluding tert-OH is 1. The lowest BCUT2D eigenvalue weighted by molar-refractivity contribution is -0.0553. The summed E-state index contributed by atoms with van der Waals surface area (Å²) >= 11 is 0. The monoisotopic (exact) mass is 496 g/mol. The maximum Gasteiger partial charge on any atom is 0.243 e. The molecule has 5 rings (SSSR count). The van der Waals surface area contributed by atoms with E-state index in [0.717, 1.165) is 32.2 Å². The molecule has 3 atom stereocenters. The molecule has 1 N–H and O–H groups in total. The van der Waals surface area contributed by atoms with Gasteiger partial charge in [-0.2, -0.15) is 4.31 Å². The van der Waals surface area contributed by atoms with E-state index in [4.69, 9.17) is 4.74 Å². The molecule has 0 aromatic heterocycles. The fourth-order valence-corrected chi connectivity index (χ4v) is 7.54. The number of nitrogens with zero attached hydrogens (tertiary/aromatic N) is 2. The van der Waals surface area contributed by atoms with Crippen molar-refractivity contribution < 1.29 is 18.3 Å². The molecule has 7 heteroatoms. The van der Waals surface area contributed by atoms with Gasteiger partial charge in [-0.3, -0.25) is 4.90 Å². The van der Waals surface area contributed by atoms with Gasteiger partial charge in [0.05, 0.1) is 18.6 Å². The van der Waals surface area contributed by atoms with Crippen molar-refractivity contribution >= 4 is 15.6 Å². The zero-order valence-electron chi connectivity index (χ0n) is 20.5. The zero-order valence-corrected chi connectivity index (χ0v) is 21.3. The number of methoxy groups -OCH3 is 1. The quantitative estimate of drug-likeness (QED) is 0.647. The number of rotatable bonds is 6. The van der Waals surface area contributed by atoms with Gasteiger partial charge >= 0.3 is 0 Å². The molecular formula is C28H36N2O4S. The molecule has 0 unspecified atom stereocenters. The molecule has 2 heterocycles. The number of benzene rings is 2. The lowest BCUT2D eigenvalue weighted by atomic mass is 9.74. The molecule has 35 heavy (non-hydrogen) atoms. The van der Waals surface area contributed by atoms with E-state index in [-0.39, 0.29) is 24.6 Å². The summed E-state index contributed by atoms with van der Waals surface area (Å²) in [5, 5.41) is 10.2. The van der Waals surface area contributed by atoms with Crippen LogP contribution in [-0.4, -0.2) is 68.2 Å². The van der Waals surface area contributed by atoms with Crippen LogP contribution in [0.5, 0.6) is 5.75 Å². The summed E-state index contributed by atoms with van der Waals surface area (Å²) < 4.78 is 33.9. The lowest BCUT2D eigenvalue weighted by Gasteiger charge is -2.57. The fourth-order valence-electron chi connectivity index (χ4n) is 6.04. The number of fused-ring (bicyclic) bond motifs is 1. The molecule has 1 aliphatic carbocycles. The Bertz CT molecular complexity index is 1140. The van der Waals surface area contributed by atoms with Gasteiger partial charge in [0, 0.05) is 31.1 Å². The fraction of sp³-hybridized carbons (Fsp3) is 0.500. The Kier molecular flexibility index (Phi) is 7.30. The van der Waals surface area contributed by atoms with Gasteiger partial charge in [-0.15, -0.1) is 0 Å². The van der Waals surface area contributed by atoms with Gasteiger partial charge in [-0.25, -0.2) is 8.42 Å². The topological polar surface area (TPSA) is 70.1 Å². The molecule has 2 aromatic rings. The molecule has 0 bridgehead atoms. The third kappa shape index (κ3) is 4.79. The standard InChI is InChI=1S/C28H36N2O4S/c1-34-24-13-15-25(16-14-24)35(32,33)29-17-5-6-18-30-26(19-29)28(27(30)20-31)23-11-9-22(10-12-23)21-7-3-2-4-8-21/h7,9-16,26-28,31H,2-6,8,17-20H2,1H3/t26-,27+,28+/m1/s1. The first-order chi connectivity index (χ1) is 17.0. The van der Waals surface area contributed by atoms with Crippen LogP contribution < -0.4 is 4.74 Å². The Morgan fingerprint density at radius 2 is 1.71 bits per heavy atom. The maximum atomic E-state index is 13.6. The van der Waals surface area contributed by atoms with Crippen LogP contribution in [0.2, 0.25) is 0 Å². The van der Waals surface area contributed by atoms with Crippen LogP contribution in [0.15, 0.2) is 59.5 Å². The predicted molar refractivity (Wildman–Crippen MR) is 138 cm³/mol. The third-order valence-electron chi connectivity index (χ3n) is 7.99. The van der Waals surface area contributed by atoms with Crippen LogP contribution in [0, 0.1) is 0 Å². The van der Waals surface area contributed by atoms with Crippen molar-refractivity contribution in [2.24, 2.45) is 0 Å². The highest BCUT2D eigenvalue weighted by molar-refractivity contribution is 7.89. The first-order valence-electron chi connectivity index (χ1n) is 12.8. The minimum Gasteiger partial charge on any atom is -0.497 e. The molecule has 6 nitrogen and oxygen atoms in total. The second kappa shape index (κ2) is 10.4. The Morgan fingerprint density at radius 1 is 0.971 bits per heavy atom. The molecule has 188 valence electrons. The Hall–Kier alpha value is -2.19. The van der Waals surface area contributed by atoms with Crippen molar-refractivity contribution in [1.82, 2.24) is 9.21 Å². The normalized spacial score (nSPS) is 26.1. The van der Waals surface area contributed by atoms with Crippen molar-refractivity contribution in [3.63, 3.8) is 0 Å². The van der Waals surface area contributed by atoms with E-state index in [1.807, 2.05) is 0 Å². The highest BCUT2D eigenvalue weighted by atomic mass is 32.2. The van der Waals surface area contributed by atoms with E-state index < -0.39 is 10.0 Å². The average molecular weight is 497 g/mol. The summed E-state index contributed by atoms with van der Waals surface area (Å²) in [6.07, 6.45) is 8.90. The van der Waals surface area contributed by atoms with Gasteiger partial charge in [-0.05, 0) is 86.0 Å². The number of hydrogen-bond donors (Lipinski definition) is 1. The molecule has 2 aliphatic heterocycles. The minimum absolute atomic E-state index is 0.0309. The highest BCUT2D eigenvalue weighted by Crippen LogP contribution is 2.43. The molecule has 0 spiro atoms. The Morgan fingerprint density at radius 3 is 2.37 bits per heavy atom. The summed E-state index contributed by atoms with van der Waals surface area (Å²) in [5.74, 6) is 0.751. The number of sulfonamides is 1. The summed E-state index contributed by atoms with van der Waals surface area (Å²) in [6.45, 7) is 1.93. The van der Waals surface area contributed by atoms with Gasteiger partial charge in [0.25, 0.3) is 0 Å². The van der Waals surface area contributed by atoms with Crippen molar-refractivity contribution in [1.29, 1.82) is 0 Å². The molecule has 0 saturated carbocycles. The number of hydrogen-bond acceptors (Lipinski definition) is 5. The second-order valence-corrected chi connectivity index (χ2v) is 11.9. The van der Waals surface area contributed by atoms with Gasteiger partial charge in [0.1, 0.15) is 5.75 Å². The van der Waals surface area contributed by atoms with Gasteiger partial charge in [-0.1, -0.05) is 30.3 Å². The van der Waals surface area contributed by atoms with Crippen LogP contribution >= 0.6 is 0 Å². The van der Waals surface area contributed by atoms with Crippen LogP contribution in [0.25, 0.3) is 5.57 Å². The smallest absolute Gasteiger partial charge is 0.243 e. The molecule has 2 saturated heterocycles. The molecule has 0 radical (unpaired) electrons. The van der Waals surface area contributed by atoms with Crippen molar-refractivity contribution in [3.8, 4) is 5.75 Å². The average Bonchev–Trinajstić information content (AvgIpc) is 2.88. The number of aliphatic hydroxyl groups is 1. The summed E-state index contributed by atoms with van der Waals surface area (Å²) in [5.41, 5.74) is 3.90. The largest absolute Gasteiger partial charge is 0.497 e. The molecule has 2 aromatic carbocycles. The van der Waals surface area contributed by atoms with Crippen LogP contribution in [0.1, 0.15) is 55.6 Å². The van der Waals surface area contributed by atoms with Gasteiger partial charge in [0.2, 0.25) is 10.0 Å². The molecular weight excluding hydrogens is 460 g/mol. The first kappa shape index (κ1) is 24.5. The summed E-state index contributed by atoms with van der Waals surface area (Å²) in [6, 6.07) is 15.5. The minimum atomic E-state index is -3.62. The molecule has 2 fully saturated rings. The SMILES string of the molecule is COc1ccc(S(=O)(=O)N2CCCCN3[C@H](C2)[C@H](c2ccc(C4=CCCCC4)cc2)[C@@H]3CO)cc1. The van der Waals surface area contributed by atoms with Crippen LogP contribution in [0.3, 0.4) is 0 Å². The Balaban J connectivity index is 1.39. The first-order valence-corrected chi connectivity index (χ1v) is 14.3. The van der Waals surface area contributed by atoms with E-state index >= 15 is 0 Å². The summed E-state index contributed by atoms with van der Waals surface area (Å²) in [4.78, 5) is 2.61. The predicted octanol–water partition coefficient (Wildman–Crippen LogP) is 4.27. The van der Waals surface area contributed by atoms with E-state index in [9.17, 15) is 13.5 Å². The molecule has 3 aliphatic rings. The van der Waals surface area contributed by atoms with Crippen molar-refractivity contribution in [3.05, 3.63) is 65.7 Å². The van der Waals surface area contributed by atoms with E-state index in [2.05, 4.69) is 35.2 Å². The van der Waals surface area contributed by atoms with Gasteiger partial charge in [0.15, 0.2) is 0 Å². The van der Waals surface area contributed by atoms with E-state index in [0.29, 0.717) is 23.7 Å². The maximum absolute atomic E-state index is 13.6. The third-order valence-corrected chi connectivity index (χ3v) is 9.87. The number of allylic oxidation sites excluding steroid dienone is 2. The van der Waals surface area contributed by atoms with E-state index in [1.165, 1.54) is 29.5 Å². The van der Waals surface area contributed by atoms with E-state index in [1.54, 1.807) is 35.7 Å². The molecule has 0 amide bonds. The second-order valence-electron chi connectivity index (χ2n) is 9.92. The highest BCUT2D eigenvalue weighted by Gasteiger charge is 2.50. The summed E-state index contributed by atoms with van der Waals surface area (Å²) in [7, 11) is -2.05. The number of ether oxygens (including phenoxy) is 1. The Labute approximate surface area is 209 Å². The van der Waals surface area contributed by atoms with Crippen LogP contribution in [0.4, 0.5) is 0 Å². The zero-order chi connectivity index (χ0) is 24.4. The van der Waals surface area contributed by atoms with Crippen molar-refractivity contribution in [2.45, 2.75) is 61.4 Å².